The van der Waals surface area contributed by atoms with Gasteiger partial charge in [-0.25, -0.2) is 0 Å². The molecular weight excluding hydrogens is 396 g/mol. The van der Waals surface area contributed by atoms with Crippen LogP contribution in [-0.4, -0.2) is 38.4 Å². The predicted octanol–water partition coefficient (Wildman–Crippen LogP) is 4.46. The molecule has 2 aliphatic carbocycles. The van der Waals surface area contributed by atoms with Crippen molar-refractivity contribution >= 4 is 23.3 Å². The maximum absolute atomic E-state index is 13.5. The summed E-state index contributed by atoms with van der Waals surface area (Å²) in [6.07, 6.45) is 7.39. The molecule has 4 rings (SSSR count). The quantitative estimate of drug-likeness (QED) is 0.709. The van der Waals surface area contributed by atoms with Gasteiger partial charge in [0.25, 0.3) is 5.91 Å². The van der Waals surface area contributed by atoms with Gasteiger partial charge in [-0.05, 0) is 54.3 Å². The van der Waals surface area contributed by atoms with Gasteiger partial charge >= 0.3 is 0 Å². The smallest absolute Gasteiger partial charge is 0.276 e. The van der Waals surface area contributed by atoms with Gasteiger partial charge in [0, 0.05) is 17.5 Å². The van der Waals surface area contributed by atoms with Gasteiger partial charge in [0.1, 0.15) is 6.04 Å². The second-order valence-corrected chi connectivity index (χ2v) is 9.41. The van der Waals surface area contributed by atoms with Crippen LogP contribution in [-0.2, 0) is 4.79 Å². The molecule has 0 bridgehead atoms. The average molecular weight is 427 g/mol. The Morgan fingerprint density at radius 3 is 2.27 bits per heavy atom. The summed E-state index contributed by atoms with van der Waals surface area (Å²) in [5, 5.41) is 8.90. The third-order valence-corrected chi connectivity index (χ3v) is 6.66. The molecule has 2 aliphatic rings. The van der Waals surface area contributed by atoms with E-state index in [0.717, 1.165) is 55.6 Å². The average Bonchev–Trinajstić information content (AvgIpc) is 3.44. The van der Waals surface area contributed by atoms with E-state index in [1.54, 1.807) is 10.3 Å². The van der Waals surface area contributed by atoms with Crippen molar-refractivity contribution in [2.24, 2.45) is 0 Å². The van der Waals surface area contributed by atoms with Crippen LogP contribution in [0.5, 0.6) is 0 Å². The summed E-state index contributed by atoms with van der Waals surface area (Å²) in [6.45, 7) is 4.30. The van der Waals surface area contributed by atoms with Gasteiger partial charge in [-0.3, -0.25) is 9.59 Å². The molecule has 0 radical (unpaired) electrons. The lowest BCUT2D eigenvalue weighted by Gasteiger charge is -2.33. The standard InChI is InChI=1S/C23H30N4O2S/c1-15(2)16-8-10-17(11-9-16)21(22(28)24-18-6-4-3-5-7-18)27(19-12-13-19)23(29)20-14-30-26-25-20/h8-11,14-15,18-19,21H,3-7,12-13H2,1-2H3,(H,24,28)/t21-/m0/s1. The van der Waals surface area contributed by atoms with Gasteiger partial charge in [-0.2, -0.15) is 0 Å². The number of aromatic nitrogens is 2. The Hall–Kier alpha value is -2.28. The molecule has 1 aromatic carbocycles. The fourth-order valence-electron chi connectivity index (χ4n) is 4.27. The zero-order valence-electron chi connectivity index (χ0n) is 17.7. The fraction of sp³-hybridized carbons (Fsp3) is 0.565. The molecule has 1 heterocycles. The highest BCUT2D eigenvalue weighted by Gasteiger charge is 2.42. The summed E-state index contributed by atoms with van der Waals surface area (Å²) in [7, 11) is 0. The van der Waals surface area contributed by atoms with Crippen LogP contribution in [0.4, 0.5) is 0 Å². The topological polar surface area (TPSA) is 75.2 Å². The van der Waals surface area contributed by atoms with Crippen LogP contribution in [0.15, 0.2) is 29.6 Å². The summed E-state index contributed by atoms with van der Waals surface area (Å²) >= 11 is 1.16. The van der Waals surface area contributed by atoms with Crippen LogP contribution in [0, 0.1) is 0 Å². The summed E-state index contributed by atoms with van der Waals surface area (Å²) in [5.41, 5.74) is 2.40. The first-order valence-electron chi connectivity index (χ1n) is 11.0. The maximum Gasteiger partial charge on any atom is 0.276 e. The summed E-state index contributed by atoms with van der Waals surface area (Å²) in [4.78, 5) is 28.6. The highest BCUT2D eigenvalue weighted by molar-refractivity contribution is 7.03. The van der Waals surface area contributed by atoms with Crippen molar-refractivity contribution in [1.29, 1.82) is 0 Å². The van der Waals surface area contributed by atoms with Crippen molar-refractivity contribution in [3.8, 4) is 0 Å². The molecule has 1 N–H and O–H groups in total. The lowest BCUT2D eigenvalue weighted by atomic mass is 9.94. The number of carbonyl (C=O) groups excluding carboxylic acids is 2. The third kappa shape index (κ3) is 4.72. The van der Waals surface area contributed by atoms with E-state index in [-0.39, 0.29) is 23.9 Å². The molecule has 1 atom stereocenters. The van der Waals surface area contributed by atoms with E-state index in [9.17, 15) is 9.59 Å². The Balaban J connectivity index is 1.66. The molecule has 2 fully saturated rings. The van der Waals surface area contributed by atoms with Crippen molar-refractivity contribution in [2.45, 2.75) is 82.8 Å². The maximum atomic E-state index is 13.5. The highest BCUT2D eigenvalue weighted by atomic mass is 32.1. The van der Waals surface area contributed by atoms with Crippen LogP contribution in [0.1, 0.15) is 92.4 Å². The van der Waals surface area contributed by atoms with E-state index in [1.165, 1.54) is 12.0 Å². The minimum Gasteiger partial charge on any atom is -0.351 e. The molecule has 0 spiro atoms. The predicted molar refractivity (Wildman–Crippen MR) is 117 cm³/mol. The Kier molecular flexibility index (Phi) is 6.46. The van der Waals surface area contributed by atoms with E-state index in [1.807, 2.05) is 12.1 Å². The van der Waals surface area contributed by atoms with Crippen molar-refractivity contribution in [2.75, 3.05) is 0 Å². The van der Waals surface area contributed by atoms with Gasteiger partial charge < -0.3 is 10.2 Å². The summed E-state index contributed by atoms with van der Waals surface area (Å²) < 4.78 is 3.85. The van der Waals surface area contributed by atoms with Crippen LogP contribution < -0.4 is 5.32 Å². The molecule has 2 aromatic rings. The van der Waals surface area contributed by atoms with Crippen molar-refractivity contribution in [1.82, 2.24) is 19.8 Å². The second-order valence-electron chi connectivity index (χ2n) is 8.80. The minimum absolute atomic E-state index is 0.0751. The molecule has 2 saturated carbocycles. The number of hydrogen-bond acceptors (Lipinski definition) is 5. The van der Waals surface area contributed by atoms with E-state index >= 15 is 0 Å². The van der Waals surface area contributed by atoms with E-state index in [2.05, 4.69) is 40.9 Å². The van der Waals surface area contributed by atoms with Crippen LogP contribution >= 0.6 is 11.5 Å². The first kappa shape index (κ1) is 21.0. The third-order valence-electron chi connectivity index (χ3n) is 6.15. The molecule has 0 unspecified atom stereocenters. The van der Waals surface area contributed by atoms with E-state index in [4.69, 9.17) is 0 Å². The number of nitrogens with one attached hydrogen (secondary N) is 1. The molecule has 6 nitrogen and oxygen atoms in total. The molecule has 2 amide bonds. The van der Waals surface area contributed by atoms with E-state index < -0.39 is 6.04 Å². The number of rotatable bonds is 7. The first-order chi connectivity index (χ1) is 14.5. The highest BCUT2D eigenvalue weighted by Crippen LogP contribution is 2.36. The van der Waals surface area contributed by atoms with Gasteiger partial charge in [-0.15, -0.1) is 5.10 Å². The Morgan fingerprint density at radius 2 is 1.70 bits per heavy atom. The number of benzene rings is 1. The zero-order valence-corrected chi connectivity index (χ0v) is 18.5. The van der Waals surface area contributed by atoms with Crippen molar-refractivity contribution in [3.05, 3.63) is 46.5 Å². The summed E-state index contributed by atoms with van der Waals surface area (Å²) in [6, 6.07) is 7.77. The Morgan fingerprint density at radius 1 is 1.03 bits per heavy atom. The molecule has 30 heavy (non-hydrogen) atoms. The Bertz CT molecular complexity index is 856. The van der Waals surface area contributed by atoms with Crippen LogP contribution in [0.2, 0.25) is 0 Å². The van der Waals surface area contributed by atoms with Gasteiger partial charge in [-0.1, -0.05) is 61.9 Å². The van der Waals surface area contributed by atoms with E-state index in [0.29, 0.717) is 11.6 Å². The monoisotopic (exact) mass is 426 g/mol. The number of carbonyl (C=O) groups is 2. The second kappa shape index (κ2) is 9.25. The molecule has 0 aliphatic heterocycles. The molecule has 7 heteroatoms. The number of nitrogens with zero attached hydrogens (tertiary/aromatic N) is 3. The van der Waals surface area contributed by atoms with Gasteiger partial charge in [0.15, 0.2) is 5.69 Å². The van der Waals surface area contributed by atoms with Crippen molar-refractivity contribution in [3.63, 3.8) is 0 Å². The first-order valence-corrected chi connectivity index (χ1v) is 11.9. The zero-order chi connectivity index (χ0) is 21.1. The SMILES string of the molecule is CC(C)c1ccc([C@@H](C(=O)NC2CCCCC2)N(C(=O)c2csnn2)C2CC2)cc1. The number of amides is 2. The van der Waals surface area contributed by atoms with Crippen LogP contribution in [0.25, 0.3) is 0 Å². The van der Waals surface area contributed by atoms with Crippen LogP contribution in [0.3, 0.4) is 0 Å². The van der Waals surface area contributed by atoms with Gasteiger partial charge in [0.2, 0.25) is 5.91 Å². The normalized spacial score (nSPS) is 18.2. The largest absolute Gasteiger partial charge is 0.351 e. The minimum atomic E-state index is -0.644. The van der Waals surface area contributed by atoms with Gasteiger partial charge in [0.05, 0.1) is 0 Å². The molecule has 160 valence electrons. The Labute approximate surface area is 182 Å². The number of hydrogen-bond donors (Lipinski definition) is 1. The fourth-order valence-corrected chi connectivity index (χ4v) is 4.70. The molecular formula is C23H30N4O2S. The lowest BCUT2D eigenvalue weighted by Crippen LogP contribution is -2.48. The van der Waals surface area contributed by atoms with Crippen molar-refractivity contribution < 1.29 is 9.59 Å². The summed E-state index contributed by atoms with van der Waals surface area (Å²) in [5.74, 6) is 0.126. The molecule has 0 saturated heterocycles. The molecule has 1 aromatic heterocycles. The lowest BCUT2D eigenvalue weighted by molar-refractivity contribution is -0.127.